The first-order valence-corrected chi connectivity index (χ1v) is 21.2. The second-order valence-electron chi connectivity index (χ2n) is 16.8. The number of halogens is 2. The predicted octanol–water partition coefficient (Wildman–Crippen LogP) is 5.55. The molecule has 2 aromatic rings. The van der Waals surface area contributed by atoms with Crippen molar-refractivity contribution < 1.29 is 55.2 Å². The molecule has 4 amide bonds. The van der Waals surface area contributed by atoms with Gasteiger partial charge in [-0.2, -0.15) is 0 Å². The van der Waals surface area contributed by atoms with Gasteiger partial charge in [0.25, 0.3) is 5.91 Å². The molecule has 3 aliphatic carbocycles. The van der Waals surface area contributed by atoms with Crippen LogP contribution in [0.25, 0.3) is 11.0 Å². The molecule has 2 heterocycles. The molecule has 3 saturated carbocycles. The number of rotatable bonds is 17. The maximum Gasteiger partial charge on any atom is 0.405 e. The van der Waals surface area contributed by atoms with Gasteiger partial charge in [-0.05, 0) is 63.0 Å². The van der Waals surface area contributed by atoms with Crippen LogP contribution >= 0.6 is 0 Å². The zero-order valence-electron chi connectivity index (χ0n) is 33.5. The van der Waals surface area contributed by atoms with Crippen LogP contribution in [-0.2, 0) is 30.8 Å². The lowest BCUT2D eigenvalue weighted by molar-refractivity contribution is -0.140. The topological polar surface area (TPSA) is 206 Å². The average molecular weight is 829 g/mol. The zero-order valence-corrected chi connectivity index (χ0v) is 34.3. The highest BCUT2D eigenvalue weighted by molar-refractivity contribution is 7.91. The van der Waals surface area contributed by atoms with Crippen molar-refractivity contribution in [1.82, 2.24) is 30.2 Å². The van der Waals surface area contributed by atoms with Crippen molar-refractivity contribution in [3.05, 3.63) is 23.9 Å². The van der Waals surface area contributed by atoms with Crippen molar-refractivity contribution in [3.8, 4) is 11.6 Å². The van der Waals surface area contributed by atoms with Gasteiger partial charge in [-0.3, -0.25) is 19.1 Å². The maximum absolute atomic E-state index is 14.1. The van der Waals surface area contributed by atoms with E-state index >= 15 is 0 Å². The number of carboxylic acid groups (broad SMARTS) is 1. The molecular weight excluding hydrogens is 767 g/mol. The van der Waals surface area contributed by atoms with Gasteiger partial charge in [0.2, 0.25) is 34.1 Å². The Labute approximate surface area is 336 Å². The second kappa shape index (κ2) is 17.6. The molecule has 6 rings (SSSR count). The second-order valence-corrected chi connectivity index (χ2v) is 19.0. The smallest absolute Gasteiger partial charge is 0.405 e. The SMILES string of the molecule is CC(C)C.COc1ccc2nc(CCCCCC3CC3)c(O[C@H]3CN(C(=O)CNC(=O)O)[C@H](C(=O)N[C@]4(C(=O)NS(=O)(=O)C5(C)CC5)C[C@H]4C(F)F)[C@@H]3C)nc2c1.[HH].[HH].[HH]. The van der Waals surface area contributed by atoms with Crippen LogP contribution in [0.15, 0.2) is 18.2 Å². The molecular formula is C39H62F2N6O9S. The first-order chi connectivity index (χ1) is 26.8. The van der Waals surface area contributed by atoms with E-state index in [0.29, 0.717) is 28.9 Å². The number of hydrogen-bond acceptors (Lipinski definition) is 10. The molecule has 0 bridgehead atoms. The number of nitrogens with one attached hydrogen (secondary N) is 3. The lowest BCUT2D eigenvalue weighted by Gasteiger charge is -2.28. The number of ether oxygens (including phenoxy) is 2. The molecule has 18 heteroatoms. The fraction of sp³-hybridized carbons (Fsp3) is 0.692. The number of sulfonamides is 1. The van der Waals surface area contributed by atoms with Crippen molar-refractivity contribution in [2.24, 2.45) is 23.7 Å². The molecule has 1 aliphatic heterocycles. The lowest BCUT2D eigenvalue weighted by atomic mass is 9.98. The summed E-state index contributed by atoms with van der Waals surface area (Å²) < 4.78 is 66.3. The number of alkyl halides is 2. The standard InChI is InChI=1S/C35H46F2N6O9S.C4H10.3H2/c1-19-26(52-31-24(8-6-4-5-7-20-9-10-20)39-23-12-11-21(51-3)15-25(23)40-31)18-43(27(44)17-38-33(47)48)28(19)30(45)41-35(16-22(35)29(36)37)32(46)42-53(49,50)34(2)13-14-34;1-4(2)3;;;/h11-12,15,19-20,22,26,28-29,38H,4-10,13-14,16-18H2,1-3H3,(H,41,45)(H,42,46)(H,47,48);4H,1-3H3;3*1H/t19-,22+,26+,28+,35-;;;;/m1..../s1. The number of benzene rings is 1. The van der Waals surface area contributed by atoms with Gasteiger partial charge < -0.3 is 30.1 Å². The fourth-order valence-electron chi connectivity index (χ4n) is 7.01. The van der Waals surface area contributed by atoms with Crippen LogP contribution in [0, 0.1) is 23.7 Å². The van der Waals surface area contributed by atoms with Crippen molar-refractivity contribution >= 4 is 44.9 Å². The molecule has 0 unspecified atom stereocenters. The van der Waals surface area contributed by atoms with E-state index in [2.05, 4.69) is 26.1 Å². The third-order valence-corrected chi connectivity index (χ3v) is 13.2. The summed E-state index contributed by atoms with van der Waals surface area (Å²) in [5.41, 5.74) is -0.589. The van der Waals surface area contributed by atoms with E-state index in [1.54, 1.807) is 25.1 Å². The number of aromatic nitrogens is 2. The molecule has 1 aromatic heterocycles. The Balaban J connectivity index is 0.00000170. The summed E-state index contributed by atoms with van der Waals surface area (Å²) in [6.07, 6.45) is 1.78. The third-order valence-electron chi connectivity index (χ3n) is 11.1. The van der Waals surface area contributed by atoms with Gasteiger partial charge in [-0.25, -0.2) is 32.0 Å². The van der Waals surface area contributed by atoms with Gasteiger partial charge in [0, 0.05) is 16.3 Å². The van der Waals surface area contributed by atoms with Crippen molar-refractivity contribution in [2.75, 3.05) is 20.2 Å². The fourth-order valence-corrected chi connectivity index (χ4v) is 8.33. The summed E-state index contributed by atoms with van der Waals surface area (Å²) in [4.78, 5) is 62.7. The van der Waals surface area contributed by atoms with Crippen molar-refractivity contribution in [3.63, 3.8) is 0 Å². The summed E-state index contributed by atoms with van der Waals surface area (Å²) in [5.74, 6) is -3.22. The highest BCUT2D eigenvalue weighted by Gasteiger charge is 2.67. The largest absolute Gasteiger partial charge is 0.497 e. The number of aryl methyl sites for hydroxylation is 1. The van der Waals surface area contributed by atoms with E-state index in [9.17, 15) is 36.4 Å². The van der Waals surface area contributed by atoms with Gasteiger partial charge in [-0.15, -0.1) is 0 Å². The predicted molar refractivity (Wildman–Crippen MR) is 213 cm³/mol. The minimum absolute atomic E-state index is 0. The maximum atomic E-state index is 14.1. The van der Waals surface area contributed by atoms with Crippen LogP contribution in [0.2, 0.25) is 0 Å². The number of nitrogens with zero attached hydrogens (tertiary/aromatic N) is 3. The molecule has 322 valence electrons. The number of amides is 4. The number of methoxy groups -OCH3 is 1. The lowest BCUT2D eigenvalue weighted by Crippen LogP contribution is -2.59. The third kappa shape index (κ3) is 10.6. The molecule has 1 aromatic carbocycles. The summed E-state index contributed by atoms with van der Waals surface area (Å²) in [6.45, 7) is 8.60. The Morgan fingerprint density at radius 3 is 2.33 bits per heavy atom. The molecule has 1 saturated heterocycles. The van der Waals surface area contributed by atoms with Gasteiger partial charge >= 0.3 is 6.09 Å². The quantitative estimate of drug-likeness (QED) is 0.146. The minimum Gasteiger partial charge on any atom is -0.497 e. The number of fused-ring (bicyclic) bond motifs is 1. The van der Waals surface area contributed by atoms with Crippen molar-refractivity contribution in [2.45, 2.75) is 128 Å². The summed E-state index contributed by atoms with van der Waals surface area (Å²) in [5, 5.41) is 13.5. The molecule has 4 aliphatic rings. The number of carbonyl (C=O) groups excluding carboxylic acids is 3. The molecule has 0 spiro atoms. The Morgan fingerprint density at radius 2 is 1.75 bits per heavy atom. The summed E-state index contributed by atoms with van der Waals surface area (Å²) in [6, 6.07) is 3.83. The monoisotopic (exact) mass is 828 g/mol. The molecule has 4 N–H and O–H groups in total. The van der Waals surface area contributed by atoms with Crippen LogP contribution in [0.5, 0.6) is 11.6 Å². The Hall–Kier alpha value is -4.35. The van der Waals surface area contributed by atoms with E-state index < -0.39 is 87.5 Å². The summed E-state index contributed by atoms with van der Waals surface area (Å²) >= 11 is 0. The summed E-state index contributed by atoms with van der Waals surface area (Å²) in [7, 11) is -2.71. The normalized spacial score (nSPS) is 24.7. The molecule has 15 nitrogen and oxygen atoms in total. The van der Waals surface area contributed by atoms with E-state index in [1.165, 1.54) is 33.3 Å². The Morgan fingerprint density at radius 1 is 1.07 bits per heavy atom. The molecule has 57 heavy (non-hydrogen) atoms. The number of hydrogen-bond donors (Lipinski definition) is 4. The zero-order chi connectivity index (χ0) is 41.9. The average Bonchev–Trinajstić information content (AvgIpc) is 4.06. The molecule has 0 radical (unpaired) electrons. The van der Waals surface area contributed by atoms with Gasteiger partial charge in [-0.1, -0.05) is 59.8 Å². The Kier molecular flexibility index (Phi) is 13.6. The van der Waals surface area contributed by atoms with E-state index in [1.807, 2.05) is 10.0 Å². The van der Waals surface area contributed by atoms with E-state index in [4.69, 9.17) is 24.5 Å². The first kappa shape index (κ1) is 43.8. The number of carbonyl (C=O) groups is 4. The van der Waals surface area contributed by atoms with Gasteiger partial charge in [0.1, 0.15) is 35.7 Å². The van der Waals surface area contributed by atoms with Gasteiger partial charge in [0.15, 0.2) is 0 Å². The van der Waals surface area contributed by atoms with Crippen LogP contribution in [0.3, 0.4) is 0 Å². The highest BCUT2D eigenvalue weighted by atomic mass is 32.2. The van der Waals surface area contributed by atoms with Crippen molar-refractivity contribution in [1.29, 1.82) is 0 Å². The van der Waals surface area contributed by atoms with Crippen LogP contribution in [0.1, 0.15) is 102 Å². The molecule has 4 fully saturated rings. The minimum atomic E-state index is -4.23. The Bertz CT molecular complexity index is 1940. The first-order valence-electron chi connectivity index (χ1n) is 19.8. The highest BCUT2D eigenvalue weighted by Crippen LogP contribution is 2.49. The number of unbranched alkanes of at least 4 members (excludes halogenated alkanes) is 2. The van der Waals surface area contributed by atoms with E-state index in [0.717, 1.165) is 36.0 Å². The van der Waals surface area contributed by atoms with Crippen LogP contribution < -0.4 is 24.8 Å². The van der Waals surface area contributed by atoms with E-state index in [-0.39, 0.29) is 29.5 Å². The number of likely N-dealkylation sites (tertiary alicyclic amines) is 1. The molecule has 5 atom stereocenters. The van der Waals surface area contributed by atoms with Crippen LogP contribution in [-0.4, -0.2) is 101 Å². The van der Waals surface area contributed by atoms with Crippen LogP contribution in [0.4, 0.5) is 13.6 Å². The van der Waals surface area contributed by atoms with Gasteiger partial charge in [0.05, 0.1) is 35.4 Å².